The van der Waals surface area contributed by atoms with Crippen LogP contribution >= 0.6 is 0 Å². The Balaban J connectivity index is 0.000000424. The van der Waals surface area contributed by atoms with E-state index < -0.39 is 0 Å². The minimum absolute atomic E-state index is 0.0579. The Morgan fingerprint density at radius 1 is 1.62 bits per heavy atom. The van der Waals surface area contributed by atoms with Crippen LogP contribution in [0.15, 0.2) is 12.2 Å². The van der Waals surface area contributed by atoms with Gasteiger partial charge in [0.2, 0.25) is 0 Å². The zero-order chi connectivity index (χ0) is 10.1. The Hall–Kier alpha value is -0.630. The highest BCUT2D eigenvalue weighted by Gasteiger charge is 2.13. The average Bonchev–Trinajstić information content (AvgIpc) is 2.31. The minimum atomic E-state index is 0.0579. The Morgan fingerprint density at radius 2 is 2.23 bits per heavy atom. The van der Waals surface area contributed by atoms with Gasteiger partial charge in [-0.3, -0.25) is 0 Å². The van der Waals surface area contributed by atoms with Crippen molar-refractivity contribution in [3.05, 3.63) is 12.2 Å². The molecule has 0 aromatic rings. The molecule has 0 amide bonds. The average molecular weight is 183 g/mol. The van der Waals surface area contributed by atoms with Gasteiger partial charge < -0.3 is 10.1 Å². The van der Waals surface area contributed by atoms with E-state index in [1.165, 1.54) is 6.42 Å². The van der Waals surface area contributed by atoms with E-state index in [1.807, 2.05) is 0 Å². The van der Waals surface area contributed by atoms with Crippen molar-refractivity contribution >= 4 is 6.29 Å². The number of hydrogen-bond donors (Lipinski definition) is 1. The Morgan fingerprint density at radius 3 is 2.77 bits per heavy atom. The van der Waals surface area contributed by atoms with Gasteiger partial charge in [0.05, 0.1) is 0 Å². The van der Waals surface area contributed by atoms with E-state index >= 15 is 0 Å². The first kappa shape index (κ1) is 12.4. The molecule has 1 aliphatic heterocycles. The van der Waals surface area contributed by atoms with E-state index in [0.717, 1.165) is 37.8 Å². The molecule has 1 atom stereocenters. The standard InChI is InChI=1S/C8H13NO.C3H8/c1-7-3-2-4-9-5-8(7)6-10;1-3-2/h6,8-9H,1-5H2;3H2,1-2H3. The fourth-order valence-electron chi connectivity index (χ4n) is 1.17. The topological polar surface area (TPSA) is 29.1 Å². The second-order valence-electron chi connectivity index (χ2n) is 3.42. The third-order valence-corrected chi connectivity index (χ3v) is 1.90. The van der Waals surface area contributed by atoms with Gasteiger partial charge in [0.25, 0.3) is 0 Å². The lowest BCUT2D eigenvalue weighted by molar-refractivity contribution is -0.110. The molecule has 0 aromatic heterocycles. The molecule has 13 heavy (non-hydrogen) atoms. The van der Waals surface area contributed by atoms with Gasteiger partial charge in [-0.2, -0.15) is 0 Å². The summed E-state index contributed by atoms with van der Waals surface area (Å²) in [6, 6.07) is 0. The molecule has 1 saturated heterocycles. The van der Waals surface area contributed by atoms with Crippen molar-refractivity contribution in [3.8, 4) is 0 Å². The number of aldehydes is 1. The number of nitrogens with one attached hydrogen (secondary N) is 1. The van der Waals surface area contributed by atoms with Crippen molar-refractivity contribution in [1.29, 1.82) is 0 Å². The molecule has 1 rings (SSSR count). The van der Waals surface area contributed by atoms with E-state index in [-0.39, 0.29) is 5.92 Å². The van der Waals surface area contributed by atoms with E-state index in [4.69, 9.17) is 0 Å². The first-order chi connectivity index (χ1) is 6.26. The quantitative estimate of drug-likeness (QED) is 0.498. The van der Waals surface area contributed by atoms with Crippen LogP contribution in [0.1, 0.15) is 33.1 Å². The molecule has 76 valence electrons. The normalized spacial score (nSPS) is 22.6. The highest BCUT2D eigenvalue weighted by molar-refractivity contribution is 5.59. The summed E-state index contributed by atoms with van der Waals surface area (Å²) < 4.78 is 0. The van der Waals surface area contributed by atoms with Gasteiger partial charge in [0.15, 0.2) is 0 Å². The molecule has 0 bridgehead atoms. The summed E-state index contributed by atoms with van der Waals surface area (Å²) in [6.07, 6.45) is 4.35. The summed E-state index contributed by atoms with van der Waals surface area (Å²) >= 11 is 0. The maximum absolute atomic E-state index is 10.4. The maximum atomic E-state index is 10.4. The molecular formula is C11H21NO. The molecule has 1 fully saturated rings. The molecule has 0 spiro atoms. The maximum Gasteiger partial charge on any atom is 0.128 e. The van der Waals surface area contributed by atoms with E-state index in [9.17, 15) is 4.79 Å². The summed E-state index contributed by atoms with van der Waals surface area (Å²) in [5, 5.41) is 3.19. The lowest BCUT2D eigenvalue weighted by Crippen LogP contribution is -2.21. The molecule has 1 N–H and O–H groups in total. The van der Waals surface area contributed by atoms with Crippen LogP contribution in [0.25, 0.3) is 0 Å². The van der Waals surface area contributed by atoms with Gasteiger partial charge in [-0.25, -0.2) is 0 Å². The number of hydrogen-bond acceptors (Lipinski definition) is 2. The van der Waals surface area contributed by atoms with Crippen LogP contribution in [0.2, 0.25) is 0 Å². The van der Waals surface area contributed by atoms with Crippen molar-refractivity contribution in [3.63, 3.8) is 0 Å². The van der Waals surface area contributed by atoms with Crippen LogP contribution in [-0.2, 0) is 4.79 Å². The third-order valence-electron chi connectivity index (χ3n) is 1.90. The summed E-state index contributed by atoms with van der Waals surface area (Å²) in [7, 11) is 0. The van der Waals surface area contributed by atoms with Gasteiger partial charge >= 0.3 is 0 Å². The lowest BCUT2D eigenvalue weighted by atomic mass is 10.00. The molecular weight excluding hydrogens is 162 g/mol. The second-order valence-corrected chi connectivity index (χ2v) is 3.42. The van der Waals surface area contributed by atoms with Crippen LogP contribution in [0.4, 0.5) is 0 Å². The van der Waals surface area contributed by atoms with Gasteiger partial charge in [0.1, 0.15) is 6.29 Å². The van der Waals surface area contributed by atoms with Gasteiger partial charge in [-0.15, -0.1) is 0 Å². The lowest BCUT2D eigenvalue weighted by Gasteiger charge is -2.07. The fraction of sp³-hybridized carbons (Fsp3) is 0.727. The van der Waals surface area contributed by atoms with Crippen molar-refractivity contribution in [2.75, 3.05) is 13.1 Å². The van der Waals surface area contributed by atoms with Gasteiger partial charge in [-0.05, 0) is 19.4 Å². The van der Waals surface area contributed by atoms with Crippen molar-refractivity contribution in [1.82, 2.24) is 5.32 Å². The van der Waals surface area contributed by atoms with E-state index in [1.54, 1.807) is 0 Å². The second kappa shape index (κ2) is 7.99. The van der Waals surface area contributed by atoms with Crippen LogP contribution in [0.5, 0.6) is 0 Å². The molecule has 0 saturated carbocycles. The highest BCUT2D eigenvalue weighted by Crippen LogP contribution is 2.14. The summed E-state index contributed by atoms with van der Waals surface area (Å²) in [6.45, 7) is 9.90. The zero-order valence-electron chi connectivity index (χ0n) is 8.81. The third kappa shape index (κ3) is 5.58. The number of rotatable bonds is 1. The fourth-order valence-corrected chi connectivity index (χ4v) is 1.17. The summed E-state index contributed by atoms with van der Waals surface area (Å²) in [5.41, 5.74) is 1.08. The molecule has 2 heteroatoms. The SMILES string of the molecule is C=C1CCCNCC1C=O.CCC. The Bertz CT molecular complexity index is 154. The minimum Gasteiger partial charge on any atom is -0.316 e. The molecule has 0 radical (unpaired) electrons. The highest BCUT2D eigenvalue weighted by atomic mass is 16.1. The molecule has 1 unspecified atom stereocenters. The zero-order valence-corrected chi connectivity index (χ0v) is 8.81. The van der Waals surface area contributed by atoms with Crippen LogP contribution in [-0.4, -0.2) is 19.4 Å². The van der Waals surface area contributed by atoms with E-state index in [2.05, 4.69) is 25.7 Å². The Kier molecular flexibility index (Phi) is 7.60. The van der Waals surface area contributed by atoms with Crippen LogP contribution < -0.4 is 5.32 Å². The van der Waals surface area contributed by atoms with Gasteiger partial charge in [-0.1, -0.05) is 32.4 Å². The Labute approximate surface area is 81.4 Å². The van der Waals surface area contributed by atoms with Crippen LogP contribution in [0.3, 0.4) is 0 Å². The van der Waals surface area contributed by atoms with E-state index in [0.29, 0.717) is 0 Å². The molecule has 0 aromatic carbocycles. The summed E-state index contributed by atoms with van der Waals surface area (Å²) in [5.74, 6) is 0.0579. The number of carbonyl (C=O) groups excluding carboxylic acids is 1. The molecule has 0 aliphatic carbocycles. The number of carbonyl (C=O) groups is 1. The van der Waals surface area contributed by atoms with Crippen molar-refractivity contribution in [2.24, 2.45) is 5.92 Å². The predicted molar refractivity (Wildman–Crippen MR) is 56.8 cm³/mol. The van der Waals surface area contributed by atoms with Crippen molar-refractivity contribution in [2.45, 2.75) is 33.1 Å². The molecule has 1 aliphatic rings. The van der Waals surface area contributed by atoms with Crippen LogP contribution in [0, 0.1) is 5.92 Å². The summed E-state index contributed by atoms with van der Waals surface area (Å²) in [4.78, 5) is 10.4. The van der Waals surface area contributed by atoms with Crippen molar-refractivity contribution < 1.29 is 4.79 Å². The monoisotopic (exact) mass is 183 g/mol. The van der Waals surface area contributed by atoms with Gasteiger partial charge in [0, 0.05) is 12.5 Å². The first-order valence-electron chi connectivity index (χ1n) is 5.09. The first-order valence-corrected chi connectivity index (χ1v) is 5.09. The largest absolute Gasteiger partial charge is 0.316 e. The molecule has 1 heterocycles. The predicted octanol–water partition coefficient (Wildman–Crippen LogP) is 2.16. The molecule has 2 nitrogen and oxygen atoms in total. The smallest absolute Gasteiger partial charge is 0.128 e.